The number of hydrogen-bond donors (Lipinski definition) is 0. The van der Waals surface area contributed by atoms with E-state index in [0.29, 0.717) is 17.7 Å². The van der Waals surface area contributed by atoms with Crippen LogP contribution in [-0.4, -0.2) is 38.0 Å². The Hall–Kier alpha value is -2.37. The van der Waals surface area contributed by atoms with Gasteiger partial charge < -0.3 is 14.2 Å². The maximum atomic E-state index is 12.6. The standard InChI is InChI=1S/C18H18O6/c1-22-10-5-3-9(4-6-10)16(20)24-15-14(19)12-11-7-8-18(15,13(11)12)17(21)23-2/h3-6,11-13,15H,7-8H2,1-2H3/t11-,12+,13-,15?,18+/m0/s1. The van der Waals surface area contributed by atoms with Crippen molar-refractivity contribution >= 4 is 17.7 Å². The first-order valence-corrected chi connectivity index (χ1v) is 8.01. The van der Waals surface area contributed by atoms with Crippen molar-refractivity contribution in [1.82, 2.24) is 0 Å². The molecule has 0 aromatic heterocycles. The van der Waals surface area contributed by atoms with Crippen LogP contribution in [0.3, 0.4) is 0 Å². The Bertz CT molecular complexity index is 724. The molecule has 0 N–H and O–H groups in total. The summed E-state index contributed by atoms with van der Waals surface area (Å²) in [5.74, 6) is -0.464. The van der Waals surface area contributed by atoms with Gasteiger partial charge in [0.25, 0.3) is 0 Å². The van der Waals surface area contributed by atoms with Crippen molar-refractivity contribution < 1.29 is 28.6 Å². The Labute approximate surface area is 139 Å². The molecule has 0 spiro atoms. The highest BCUT2D eigenvalue weighted by Gasteiger charge is 2.81. The molecule has 0 amide bonds. The Morgan fingerprint density at radius 3 is 2.50 bits per heavy atom. The first-order valence-electron chi connectivity index (χ1n) is 8.01. The van der Waals surface area contributed by atoms with E-state index >= 15 is 0 Å². The van der Waals surface area contributed by atoms with Crippen LogP contribution in [-0.2, 0) is 19.1 Å². The van der Waals surface area contributed by atoms with E-state index in [1.807, 2.05) is 0 Å². The predicted molar refractivity (Wildman–Crippen MR) is 81.4 cm³/mol. The minimum Gasteiger partial charge on any atom is -0.497 e. The Balaban J connectivity index is 1.59. The molecule has 3 aliphatic carbocycles. The summed E-state index contributed by atoms with van der Waals surface area (Å²) in [6.45, 7) is 0. The normalized spacial score (nSPS) is 35.3. The highest BCUT2D eigenvalue weighted by molar-refractivity contribution is 6.03. The molecule has 0 aliphatic heterocycles. The van der Waals surface area contributed by atoms with Crippen LogP contribution in [0.25, 0.3) is 0 Å². The van der Waals surface area contributed by atoms with Gasteiger partial charge in [0.05, 0.1) is 19.8 Å². The molecule has 5 atom stereocenters. The van der Waals surface area contributed by atoms with Crippen LogP contribution in [0.1, 0.15) is 23.2 Å². The smallest absolute Gasteiger partial charge is 0.338 e. The molecule has 0 saturated heterocycles. The van der Waals surface area contributed by atoms with E-state index < -0.39 is 23.5 Å². The first kappa shape index (κ1) is 15.2. The van der Waals surface area contributed by atoms with Crippen molar-refractivity contribution in [2.24, 2.45) is 23.2 Å². The third-order valence-electron chi connectivity index (χ3n) is 5.83. The average molecular weight is 330 g/mol. The van der Waals surface area contributed by atoms with Gasteiger partial charge in [0.2, 0.25) is 0 Å². The number of benzene rings is 1. The van der Waals surface area contributed by atoms with Crippen LogP contribution in [0.2, 0.25) is 0 Å². The lowest BCUT2D eigenvalue weighted by Gasteiger charge is -2.30. The van der Waals surface area contributed by atoms with E-state index in [2.05, 4.69) is 0 Å². The predicted octanol–water partition coefficient (Wildman–Crippen LogP) is 1.62. The molecule has 4 rings (SSSR count). The van der Waals surface area contributed by atoms with Gasteiger partial charge in [-0.1, -0.05) is 0 Å². The summed E-state index contributed by atoms with van der Waals surface area (Å²) in [6, 6.07) is 6.44. The fraction of sp³-hybridized carbons (Fsp3) is 0.500. The maximum Gasteiger partial charge on any atom is 0.338 e. The molecule has 0 heterocycles. The number of esters is 2. The molecule has 126 valence electrons. The fourth-order valence-corrected chi connectivity index (χ4v) is 4.73. The second-order valence-electron chi connectivity index (χ2n) is 6.70. The first-order chi connectivity index (χ1) is 11.5. The van der Waals surface area contributed by atoms with Crippen LogP contribution in [0.4, 0.5) is 0 Å². The zero-order valence-electron chi connectivity index (χ0n) is 13.5. The van der Waals surface area contributed by atoms with Crippen LogP contribution >= 0.6 is 0 Å². The number of ether oxygens (including phenoxy) is 3. The Kier molecular flexibility index (Phi) is 3.20. The van der Waals surface area contributed by atoms with Gasteiger partial charge in [0.1, 0.15) is 11.2 Å². The van der Waals surface area contributed by atoms with Crippen molar-refractivity contribution in [3.8, 4) is 5.75 Å². The summed E-state index contributed by atoms with van der Waals surface area (Å²) < 4.78 is 15.5. The number of fused-ring (bicyclic) bond motifs is 1. The van der Waals surface area contributed by atoms with E-state index in [1.54, 1.807) is 24.3 Å². The summed E-state index contributed by atoms with van der Waals surface area (Å²) in [5, 5.41) is 0. The van der Waals surface area contributed by atoms with Crippen molar-refractivity contribution in [3.63, 3.8) is 0 Å². The lowest BCUT2D eigenvalue weighted by atomic mass is 9.80. The molecule has 6 heteroatoms. The Morgan fingerprint density at radius 1 is 1.17 bits per heavy atom. The Morgan fingerprint density at radius 2 is 1.88 bits per heavy atom. The van der Waals surface area contributed by atoms with E-state index in [-0.39, 0.29) is 23.5 Å². The highest BCUT2D eigenvalue weighted by atomic mass is 16.6. The summed E-state index contributed by atoms with van der Waals surface area (Å²) >= 11 is 0. The minimum atomic E-state index is -1.03. The van der Waals surface area contributed by atoms with Crippen LogP contribution in [0, 0.1) is 23.2 Å². The molecule has 0 bridgehead atoms. The average Bonchev–Trinajstić information content (AvgIpc) is 3.17. The zero-order chi connectivity index (χ0) is 17.1. The largest absolute Gasteiger partial charge is 0.497 e. The van der Waals surface area contributed by atoms with E-state index in [4.69, 9.17) is 14.2 Å². The summed E-state index contributed by atoms with van der Waals surface area (Å²) in [7, 11) is 2.85. The van der Waals surface area contributed by atoms with Gasteiger partial charge in [0, 0.05) is 5.92 Å². The SMILES string of the molecule is COC(=O)[C@@]12CC[C@H]3[C@@H](C(=O)C1OC(=O)c1ccc(OC)cc1)[C@H]32. The molecule has 24 heavy (non-hydrogen) atoms. The molecule has 6 nitrogen and oxygen atoms in total. The van der Waals surface area contributed by atoms with Crippen molar-refractivity contribution in [2.75, 3.05) is 14.2 Å². The molecule has 1 aromatic carbocycles. The number of Topliss-reactive ketones (excluding diaryl/α,β-unsaturated/α-hetero) is 1. The molecule has 1 unspecified atom stereocenters. The number of carbonyl (C=O) groups is 3. The third kappa shape index (κ3) is 1.79. The molecule has 3 aliphatic rings. The second-order valence-corrected chi connectivity index (χ2v) is 6.70. The van der Waals surface area contributed by atoms with Gasteiger partial charge in [0.15, 0.2) is 11.9 Å². The van der Waals surface area contributed by atoms with Crippen LogP contribution < -0.4 is 4.74 Å². The minimum absolute atomic E-state index is 0.0221. The number of ketones is 1. The van der Waals surface area contributed by atoms with Gasteiger partial charge in [-0.05, 0) is 48.9 Å². The maximum absolute atomic E-state index is 12.6. The van der Waals surface area contributed by atoms with Crippen molar-refractivity contribution in [3.05, 3.63) is 29.8 Å². The highest BCUT2D eigenvalue weighted by Crippen LogP contribution is 2.73. The zero-order valence-corrected chi connectivity index (χ0v) is 13.5. The number of carbonyl (C=O) groups excluding carboxylic acids is 3. The molecule has 3 saturated carbocycles. The molecule has 0 radical (unpaired) electrons. The number of rotatable bonds is 4. The summed E-state index contributed by atoms with van der Waals surface area (Å²) in [4.78, 5) is 37.4. The molecular weight excluding hydrogens is 312 g/mol. The molecular formula is C18H18O6. The monoisotopic (exact) mass is 330 g/mol. The molecule has 1 aromatic rings. The van der Waals surface area contributed by atoms with Crippen molar-refractivity contribution in [2.45, 2.75) is 18.9 Å². The van der Waals surface area contributed by atoms with Gasteiger partial charge in [-0.15, -0.1) is 0 Å². The lowest BCUT2D eigenvalue weighted by Crippen LogP contribution is -2.46. The van der Waals surface area contributed by atoms with Gasteiger partial charge in [-0.25, -0.2) is 4.79 Å². The van der Waals surface area contributed by atoms with Gasteiger partial charge in [-0.3, -0.25) is 9.59 Å². The topological polar surface area (TPSA) is 78.9 Å². The van der Waals surface area contributed by atoms with Crippen LogP contribution in [0.5, 0.6) is 5.75 Å². The number of hydrogen-bond acceptors (Lipinski definition) is 6. The van der Waals surface area contributed by atoms with Crippen molar-refractivity contribution in [1.29, 1.82) is 0 Å². The summed E-state index contributed by atoms with van der Waals surface area (Å²) in [6.07, 6.45) is 0.318. The van der Waals surface area contributed by atoms with Gasteiger partial charge >= 0.3 is 11.9 Å². The van der Waals surface area contributed by atoms with E-state index in [0.717, 1.165) is 6.42 Å². The van der Waals surface area contributed by atoms with E-state index in [1.165, 1.54) is 14.2 Å². The quantitative estimate of drug-likeness (QED) is 0.781. The molecule has 3 fully saturated rings. The summed E-state index contributed by atoms with van der Waals surface area (Å²) in [5.41, 5.74) is -0.665. The van der Waals surface area contributed by atoms with Gasteiger partial charge in [-0.2, -0.15) is 0 Å². The fourth-order valence-electron chi connectivity index (χ4n) is 4.73. The number of methoxy groups -OCH3 is 2. The lowest BCUT2D eigenvalue weighted by molar-refractivity contribution is -0.162. The van der Waals surface area contributed by atoms with Crippen LogP contribution in [0.15, 0.2) is 24.3 Å². The van der Waals surface area contributed by atoms with E-state index in [9.17, 15) is 14.4 Å². The second kappa shape index (κ2) is 5.06. The third-order valence-corrected chi connectivity index (χ3v) is 5.83.